The van der Waals surface area contributed by atoms with Gasteiger partial charge in [-0.05, 0) is 29.8 Å². The molecule has 0 unspecified atom stereocenters. The number of pyridine rings is 1. The van der Waals surface area contributed by atoms with Crippen molar-refractivity contribution in [3.05, 3.63) is 53.9 Å². The minimum absolute atomic E-state index is 0.0354. The van der Waals surface area contributed by atoms with Crippen molar-refractivity contribution < 1.29 is 19.1 Å². The van der Waals surface area contributed by atoms with Crippen molar-refractivity contribution in [1.82, 2.24) is 10.3 Å². The number of amides is 2. The first-order valence-corrected chi connectivity index (χ1v) is 8.34. The van der Waals surface area contributed by atoms with E-state index in [1.807, 2.05) is 6.07 Å². The highest BCUT2D eigenvalue weighted by molar-refractivity contribution is 6.04. The number of ether oxygens (including phenoxy) is 1. The fourth-order valence-electron chi connectivity index (χ4n) is 2.66. The predicted octanol–water partition coefficient (Wildman–Crippen LogP) is 1.72. The number of fused-ring (bicyclic) bond motifs is 1. The SMILES string of the molecule is CCC(=O)c1ccc2c(c1)N(CC(=O)NCc1cccnc1)C(=O)CO2. The summed E-state index contributed by atoms with van der Waals surface area (Å²) in [6.07, 6.45) is 3.68. The molecule has 0 saturated carbocycles. The number of nitrogens with one attached hydrogen (secondary N) is 1. The third-order valence-corrected chi connectivity index (χ3v) is 4.06. The Morgan fingerprint density at radius 1 is 1.31 bits per heavy atom. The van der Waals surface area contributed by atoms with Gasteiger partial charge in [0.15, 0.2) is 12.4 Å². The molecule has 0 spiro atoms. The first-order valence-electron chi connectivity index (χ1n) is 8.34. The van der Waals surface area contributed by atoms with Gasteiger partial charge in [0.05, 0.1) is 5.69 Å². The summed E-state index contributed by atoms with van der Waals surface area (Å²) in [7, 11) is 0. The van der Waals surface area contributed by atoms with Crippen LogP contribution in [0.5, 0.6) is 5.75 Å². The minimum atomic E-state index is -0.324. The highest BCUT2D eigenvalue weighted by Crippen LogP contribution is 2.33. The molecule has 0 fully saturated rings. The summed E-state index contributed by atoms with van der Waals surface area (Å²) in [6.45, 7) is 1.82. The van der Waals surface area contributed by atoms with Crippen LogP contribution in [0.15, 0.2) is 42.7 Å². The standard InChI is InChI=1S/C19H19N3O4/c1-2-16(23)14-5-6-17-15(8-14)22(19(25)12-26-17)11-18(24)21-10-13-4-3-7-20-9-13/h3-9H,2,10-12H2,1H3,(H,21,24). The van der Waals surface area contributed by atoms with Gasteiger partial charge in [-0.2, -0.15) is 0 Å². The second-order valence-electron chi connectivity index (χ2n) is 5.87. The molecule has 2 heterocycles. The van der Waals surface area contributed by atoms with Crippen molar-refractivity contribution in [2.75, 3.05) is 18.1 Å². The van der Waals surface area contributed by atoms with E-state index in [9.17, 15) is 14.4 Å². The Kier molecular flexibility index (Phi) is 5.26. The number of nitrogens with zero attached hydrogens (tertiary/aromatic N) is 2. The summed E-state index contributed by atoms with van der Waals surface area (Å²) in [6, 6.07) is 8.57. The van der Waals surface area contributed by atoms with Crippen LogP contribution in [0.4, 0.5) is 5.69 Å². The summed E-state index contributed by atoms with van der Waals surface area (Å²) in [5, 5.41) is 2.77. The number of carbonyl (C=O) groups excluding carboxylic acids is 3. The summed E-state index contributed by atoms with van der Waals surface area (Å²) < 4.78 is 5.40. The second kappa shape index (κ2) is 7.77. The number of hydrogen-bond donors (Lipinski definition) is 1. The number of Topliss-reactive ketones (excluding diaryl/α,β-unsaturated/α-hetero) is 1. The summed E-state index contributed by atoms with van der Waals surface area (Å²) in [5.74, 6) is -0.179. The average Bonchev–Trinajstić information content (AvgIpc) is 2.68. The van der Waals surface area contributed by atoms with Crippen LogP contribution in [0.1, 0.15) is 29.3 Å². The molecule has 26 heavy (non-hydrogen) atoms. The van der Waals surface area contributed by atoms with E-state index in [2.05, 4.69) is 10.3 Å². The van der Waals surface area contributed by atoms with E-state index in [0.717, 1.165) is 5.56 Å². The third kappa shape index (κ3) is 3.88. The molecule has 1 aliphatic heterocycles. The van der Waals surface area contributed by atoms with Gasteiger partial charge in [0, 0.05) is 30.9 Å². The Morgan fingerprint density at radius 3 is 2.88 bits per heavy atom. The lowest BCUT2D eigenvalue weighted by Crippen LogP contribution is -2.45. The van der Waals surface area contributed by atoms with E-state index in [4.69, 9.17) is 4.74 Å². The number of ketones is 1. The van der Waals surface area contributed by atoms with Crippen molar-refractivity contribution in [2.24, 2.45) is 0 Å². The molecule has 1 aromatic heterocycles. The Bertz CT molecular complexity index is 836. The minimum Gasteiger partial charge on any atom is -0.482 e. The van der Waals surface area contributed by atoms with Gasteiger partial charge in [0.2, 0.25) is 5.91 Å². The topological polar surface area (TPSA) is 88.6 Å². The van der Waals surface area contributed by atoms with Crippen LogP contribution in [0.2, 0.25) is 0 Å². The molecule has 3 rings (SSSR count). The average molecular weight is 353 g/mol. The normalized spacial score (nSPS) is 13.0. The number of benzene rings is 1. The molecule has 0 atom stereocenters. The lowest BCUT2D eigenvalue weighted by molar-refractivity contribution is -0.125. The highest BCUT2D eigenvalue weighted by atomic mass is 16.5. The maximum Gasteiger partial charge on any atom is 0.265 e. The maximum absolute atomic E-state index is 12.3. The molecule has 134 valence electrons. The third-order valence-electron chi connectivity index (χ3n) is 4.06. The number of rotatable bonds is 6. The molecule has 7 heteroatoms. The molecule has 0 bridgehead atoms. The van der Waals surface area contributed by atoms with Crippen LogP contribution in [-0.2, 0) is 16.1 Å². The zero-order valence-electron chi connectivity index (χ0n) is 14.4. The van der Waals surface area contributed by atoms with E-state index in [1.165, 1.54) is 4.90 Å². The zero-order chi connectivity index (χ0) is 18.5. The smallest absolute Gasteiger partial charge is 0.265 e. The van der Waals surface area contributed by atoms with E-state index >= 15 is 0 Å². The number of anilines is 1. The Morgan fingerprint density at radius 2 is 2.15 bits per heavy atom. The van der Waals surface area contributed by atoms with Gasteiger partial charge in [-0.1, -0.05) is 13.0 Å². The monoisotopic (exact) mass is 353 g/mol. The van der Waals surface area contributed by atoms with Crippen LogP contribution in [-0.4, -0.2) is 35.7 Å². The molecule has 0 radical (unpaired) electrons. The Balaban J connectivity index is 1.74. The van der Waals surface area contributed by atoms with Crippen molar-refractivity contribution in [3.63, 3.8) is 0 Å². The quantitative estimate of drug-likeness (QED) is 0.799. The molecule has 7 nitrogen and oxygen atoms in total. The lowest BCUT2D eigenvalue weighted by Gasteiger charge is -2.29. The van der Waals surface area contributed by atoms with Crippen LogP contribution in [0.25, 0.3) is 0 Å². The van der Waals surface area contributed by atoms with E-state index < -0.39 is 0 Å². The van der Waals surface area contributed by atoms with Gasteiger partial charge in [-0.25, -0.2) is 0 Å². The van der Waals surface area contributed by atoms with E-state index in [-0.39, 0.29) is 30.7 Å². The molecule has 0 aliphatic carbocycles. The molecular formula is C19H19N3O4. The summed E-state index contributed by atoms with van der Waals surface area (Å²) in [4.78, 5) is 41.8. The first-order chi connectivity index (χ1) is 12.6. The maximum atomic E-state index is 12.3. The van der Waals surface area contributed by atoms with E-state index in [1.54, 1.807) is 43.6 Å². The predicted molar refractivity (Wildman–Crippen MR) is 95.0 cm³/mol. The molecular weight excluding hydrogens is 334 g/mol. The molecule has 2 amide bonds. The van der Waals surface area contributed by atoms with Crippen LogP contribution in [0.3, 0.4) is 0 Å². The Hall–Kier alpha value is -3.22. The summed E-state index contributed by atoms with van der Waals surface area (Å²) >= 11 is 0. The molecule has 1 aromatic carbocycles. The Labute approximate surface area is 151 Å². The molecule has 1 N–H and O–H groups in total. The van der Waals surface area contributed by atoms with Crippen LogP contribution >= 0.6 is 0 Å². The fraction of sp³-hybridized carbons (Fsp3) is 0.263. The van der Waals surface area contributed by atoms with Gasteiger partial charge in [-0.3, -0.25) is 24.3 Å². The summed E-state index contributed by atoms with van der Waals surface area (Å²) in [5.41, 5.74) is 1.80. The van der Waals surface area contributed by atoms with Crippen molar-refractivity contribution in [2.45, 2.75) is 19.9 Å². The molecule has 0 saturated heterocycles. The zero-order valence-corrected chi connectivity index (χ0v) is 14.4. The van der Waals surface area contributed by atoms with Gasteiger partial charge in [-0.15, -0.1) is 0 Å². The molecule has 2 aromatic rings. The number of aromatic nitrogens is 1. The van der Waals surface area contributed by atoms with Gasteiger partial charge in [0.25, 0.3) is 5.91 Å². The number of hydrogen-bond acceptors (Lipinski definition) is 5. The van der Waals surface area contributed by atoms with Crippen LogP contribution < -0.4 is 15.0 Å². The van der Waals surface area contributed by atoms with Gasteiger partial charge >= 0.3 is 0 Å². The van der Waals surface area contributed by atoms with Gasteiger partial charge < -0.3 is 10.1 Å². The largest absolute Gasteiger partial charge is 0.482 e. The van der Waals surface area contributed by atoms with Crippen molar-refractivity contribution in [3.8, 4) is 5.75 Å². The fourth-order valence-corrected chi connectivity index (χ4v) is 2.66. The molecule has 1 aliphatic rings. The first kappa shape index (κ1) is 17.6. The highest BCUT2D eigenvalue weighted by Gasteiger charge is 2.28. The van der Waals surface area contributed by atoms with Gasteiger partial charge in [0.1, 0.15) is 12.3 Å². The van der Waals surface area contributed by atoms with Crippen molar-refractivity contribution in [1.29, 1.82) is 0 Å². The van der Waals surface area contributed by atoms with Crippen LogP contribution in [0, 0.1) is 0 Å². The number of carbonyl (C=O) groups is 3. The van der Waals surface area contributed by atoms with E-state index in [0.29, 0.717) is 30.0 Å². The van der Waals surface area contributed by atoms with Crippen molar-refractivity contribution >= 4 is 23.3 Å². The second-order valence-corrected chi connectivity index (χ2v) is 5.87. The lowest BCUT2D eigenvalue weighted by atomic mass is 10.1.